The number of hydrogen-bond donors (Lipinski definition) is 2. The van der Waals surface area contributed by atoms with Gasteiger partial charge in [0.15, 0.2) is 5.96 Å². The number of aliphatic imine (C=N–C) groups is 1. The van der Waals surface area contributed by atoms with Crippen LogP contribution in [0.2, 0.25) is 0 Å². The molecule has 0 aliphatic rings. The number of rotatable bonds is 9. The Labute approximate surface area is 153 Å². The molecule has 0 aliphatic carbocycles. The fourth-order valence-corrected chi connectivity index (χ4v) is 3.58. The van der Waals surface area contributed by atoms with Gasteiger partial charge >= 0.3 is 0 Å². The maximum atomic E-state index is 11.3. The number of thiophene rings is 1. The molecular formula is C17H25N3O3S2. The molecule has 0 fully saturated rings. The van der Waals surface area contributed by atoms with Crippen LogP contribution in [-0.4, -0.2) is 39.0 Å². The molecule has 8 heteroatoms. The molecule has 0 saturated heterocycles. The minimum absolute atomic E-state index is 0.00734. The summed E-state index contributed by atoms with van der Waals surface area (Å²) in [6.45, 7) is 3.23. The summed E-state index contributed by atoms with van der Waals surface area (Å²) in [5, 5.41) is 8.59. The second-order valence-electron chi connectivity index (χ2n) is 5.96. The third kappa shape index (κ3) is 8.22. The van der Waals surface area contributed by atoms with Gasteiger partial charge in [-0.3, -0.25) is 0 Å². The summed E-state index contributed by atoms with van der Waals surface area (Å²) < 4.78 is 28.0. The molecule has 2 aromatic heterocycles. The second kappa shape index (κ2) is 9.62. The van der Waals surface area contributed by atoms with Gasteiger partial charge < -0.3 is 15.1 Å². The molecule has 0 saturated carbocycles. The number of nitrogens with one attached hydrogen (secondary N) is 2. The average Bonchev–Trinajstić information content (AvgIpc) is 3.23. The van der Waals surface area contributed by atoms with Gasteiger partial charge in [-0.05, 0) is 36.9 Å². The van der Waals surface area contributed by atoms with Gasteiger partial charge in [-0.15, -0.1) is 11.3 Å². The molecule has 0 aliphatic heterocycles. The third-order valence-electron chi connectivity index (χ3n) is 3.52. The predicted octanol–water partition coefficient (Wildman–Crippen LogP) is 2.44. The van der Waals surface area contributed by atoms with Crippen molar-refractivity contribution in [2.45, 2.75) is 32.4 Å². The van der Waals surface area contributed by atoms with E-state index in [0.717, 1.165) is 12.2 Å². The SMILES string of the molecule is CC(CCS(C)(=O)=O)NC(=NCc1cccs1)NCCc1ccco1. The summed E-state index contributed by atoms with van der Waals surface area (Å²) in [5.74, 6) is 1.75. The monoisotopic (exact) mass is 383 g/mol. The number of furan rings is 1. The lowest BCUT2D eigenvalue weighted by atomic mass is 10.2. The highest BCUT2D eigenvalue weighted by Crippen LogP contribution is 2.09. The molecule has 1 atom stereocenters. The lowest BCUT2D eigenvalue weighted by Crippen LogP contribution is -2.43. The van der Waals surface area contributed by atoms with Crippen molar-refractivity contribution in [2.24, 2.45) is 4.99 Å². The first-order valence-corrected chi connectivity index (χ1v) is 11.1. The van der Waals surface area contributed by atoms with Crippen molar-refractivity contribution < 1.29 is 12.8 Å². The largest absolute Gasteiger partial charge is 0.469 e. The van der Waals surface area contributed by atoms with E-state index in [0.29, 0.717) is 25.5 Å². The fraction of sp³-hybridized carbons (Fsp3) is 0.471. The van der Waals surface area contributed by atoms with E-state index in [2.05, 4.69) is 15.6 Å². The number of nitrogens with zero attached hydrogens (tertiary/aromatic N) is 1. The Bertz CT molecular complexity index is 738. The highest BCUT2D eigenvalue weighted by atomic mass is 32.2. The molecule has 0 amide bonds. The standard InChI is InChI=1S/C17H25N3O3S2/c1-14(8-12-25(2,21)22)20-17(19-13-16-6-4-11-24-16)18-9-7-15-5-3-10-23-15/h3-6,10-11,14H,7-9,12-13H2,1-2H3,(H2,18,19,20). The highest BCUT2D eigenvalue weighted by molar-refractivity contribution is 7.90. The first-order chi connectivity index (χ1) is 11.9. The maximum Gasteiger partial charge on any atom is 0.191 e. The quantitative estimate of drug-likeness (QED) is 0.513. The molecule has 138 valence electrons. The summed E-state index contributed by atoms with van der Waals surface area (Å²) in [6.07, 6.45) is 4.21. The van der Waals surface area contributed by atoms with Crippen LogP contribution in [0.3, 0.4) is 0 Å². The number of sulfone groups is 1. The summed E-state index contributed by atoms with van der Waals surface area (Å²) in [7, 11) is -2.96. The average molecular weight is 384 g/mol. The Hall–Kier alpha value is -1.80. The van der Waals surface area contributed by atoms with Crippen LogP contribution < -0.4 is 10.6 Å². The van der Waals surface area contributed by atoms with E-state index in [-0.39, 0.29) is 11.8 Å². The Kier molecular flexibility index (Phi) is 7.52. The van der Waals surface area contributed by atoms with Crippen LogP contribution in [0, 0.1) is 0 Å². The molecule has 2 N–H and O–H groups in total. The van der Waals surface area contributed by atoms with Crippen LogP contribution in [0.15, 0.2) is 45.3 Å². The Morgan fingerprint density at radius 2 is 2.20 bits per heavy atom. The van der Waals surface area contributed by atoms with Crippen molar-refractivity contribution in [3.8, 4) is 0 Å². The molecule has 25 heavy (non-hydrogen) atoms. The zero-order valence-electron chi connectivity index (χ0n) is 14.6. The smallest absolute Gasteiger partial charge is 0.191 e. The Morgan fingerprint density at radius 1 is 1.36 bits per heavy atom. The van der Waals surface area contributed by atoms with Crippen LogP contribution in [0.4, 0.5) is 0 Å². The van der Waals surface area contributed by atoms with Crippen molar-refractivity contribution in [1.29, 1.82) is 0 Å². The van der Waals surface area contributed by atoms with Gasteiger partial charge in [-0.1, -0.05) is 6.07 Å². The van der Waals surface area contributed by atoms with Crippen molar-refractivity contribution in [3.63, 3.8) is 0 Å². The normalized spacial score (nSPS) is 13.6. The molecule has 0 spiro atoms. The molecule has 0 aromatic carbocycles. The zero-order chi connectivity index (χ0) is 18.1. The Morgan fingerprint density at radius 3 is 2.84 bits per heavy atom. The van der Waals surface area contributed by atoms with Crippen molar-refractivity contribution in [2.75, 3.05) is 18.6 Å². The van der Waals surface area contributed by atoms with Crippen LogP contribution in [-0.2, 0) is 22.8 Å². The first-order valence-electron chi connectivity index (χ1n) is 8.20. The number of hydrogen-bond acceptors (Lipinski definition) is 5. The van der Waals surface area contributed by atoms with Gasteiger partial charge in [-0.25, -0.2) is 13.4 Å². The van der Waals surface area contributed by atoms with E-state index in [1.165, 1.54) is 11.1 Å². The van der Waals surface area contributed by atoms with Gasteiger partial charge in [0.1, 0.15) is 15.6 Å². The fourth-order valence-electron chi connectivity index (χ4n) is 2.17. The summed E-state index contributed by atoms with van der Waals surface area (Å²) >= 11 is 1.66. The van der Waals surface area contributed by atoms with Crippen LogP contribution in [0.1, 0.15) is 24.0 Å². The first kappa shape index (κ1) is 19.5. The lowest BCUT2D eigenvalue weighted by molar-refractivity contribution is 0.506. The van der Waals surface area contributed by atoms with Gasteiger partial charge in [0, 0.05) is 30.1 Å². The van der Waals surface area contributed by atoms with Crippen molar-refractivity contribution in [1.82, 2.24) is 10.6 Å². The van der Waals surface area contributed by atoms with E-state index in [1.54, 1.807) is 17.6 Å². The molecule has 2 heterocycles. The molecule has 0 radical (unpaired) electrons. The molecule has 2 aromatic rings. The van der Waals surface area contributed by atoms with Gasteiger partial charge in [0.25, 0.3) is 0 Å². The molecule has 1 unspecified atom stereocenters. The van der Waals surface area contributed by atoms with E-state index in [4.69, 9.17) is 4.42 Å². The van der Waals surface area contributed by atoms with Crippen molar-refractivity contribution in [3.05, 3.63) is 46.5 Å². The predicted molar refractivity (Wildman–Crippen MR) is 103 cm³/mol. The van der Waals surface area contributed by atoms with E-state index >= 15 is 0 Å². The number of guanidine groups is 1. The van der Waals surface area contributed by atoms with Crippen LogP contribution in [0.5, 0.6) is 0 Å². The third-order valence-corrected chi connectivity index (χ3v) is 5.36. The van der Waals surface area contributed by atoms with Crippen molar-refractivity contribution >= 4 is 27.1 Å². The highest BCUT2D eigenvalue weighted by Gasteiger charge is 2.10. The topological polar surface area (TPSA) is 83.7 Å². The summed E-state index contributed by atoms with van der Waals surface area (Å²) in [4.78, 5) is 5.77. The zero-order valence-corrected chi connectivity index (χ0v) is 16.2. The maximum absolute atomic E-state index is 11.3. The molecular weight excluding hydrogens is 358 g/mol. The van der Waals surface area contributed by atoms with E-state index in [9.17, 15) is 8.42 Å². The Balaban J connectivity index is 1.89. The minimum atomic E-state index is -2.96. The van der Waals surface area contributed by atoms with Gasteiger partial charge in [0.2, 0.25) is 0 Å². The molecule has 0 bridgehead atoms. The summed E-state index contributed by atoms with van der Waals surface area (Å²) in [5.41, 5.74) is 0. The van der Waals surface area contributed by atoms with E-state index in [1.807, 2.05) is 36.6 Å². The minimum Gasteiger partial charge on any atom is -0.469 e. The van der Waals surface area contributed by atoms with E-state index < -0.39 is 9.84 Å². The molecule has 6 nitrogen and oxygen atoms in total. The van der Waals surface area contributed by atoms with Gasteiger partial charge in [-0.2, -0.15) is 0 Å². The lowest BCUT2D eigenvalue weighted by Gasteiger charge is -2.18. The molecule has 2 rings (SSSR count). The van der Waals surface area contributed by atoms with Gasteiger partial charge in [0.05, 0.1) is 18.6 Å². The van der Waals surface area contributed by atoms with Crippen LogP contribution >= 0.6 is 11.3 Å². The summed E-state index contributed by atoms with van der Waals surface area (Å²) in [6, 6.07) is 7.86. The second-order valence-corrected chi connectivity index (χ2v) is 9.26. The van der Waals surface area contributed by atoms with Crippen LogP contribution in [0.25, 0.3) is 0 Å².